The molecular weight excluding hydrogens is 376 g/mol. The minimum Gasteiger partial charge on any atom is -0.343 e. The zero-order valence-electron chi connectivity index (χ0n) is 17.0. The van der Waals surface area contributed by atoms with Gasteiger partial charge in [-0.3, -0.25) is 4.79 Å². The first-order valence-electron chi connectivity index (χ1n) is 10.0. The Balaban J connectivity index is 1.90. The summed E-state index contributed by atoms with van der Waals surface area (Å²) in [5, 5.41) is 0. The summed E-state index contributed by atoms with van der Waals surface area (Å²) in [5.74, 6) is 1.04. The lowest BCUT2D eigenvalue weighted by Gasteiger charge is -2.15. The highest BCUT2D eigenvalue weighted by Gasteiger charge is 2.21. The smallest absolute Gasteiger partial charge is 0.242 e. The van der Waals surface area contributed by atoms with Crippen molar-refractivity contribution in [2.75, 3.05) is 27.2 Å². The molecule has 1 saturated heterocycles. The molecule has 0 radical (unpaired) electrons. The Kier molecular flexibility index (Phi) is 6.40. The summed E-state index contributed by atoms with van der Waals surface area (Å²) in [7, 11) is -0.457. The molecule has 2 aromatic rings. The number of sulfonamides is 1. The van der Waals surface area contributed by atoms with Gasteiger partial charge in [-0.15, -0.1) is 0 Å². The van der Waals surface area contributed by atoms with Gasteiger partial charge in [0.1, 0.15) is 5.82 Å². The monoisotopic (exact) mass is 406 g/mol. The van der Waals surface area contributed by atoms with E-state index >= 15 is 0 Å². The maximum absolute atomic E-state index is 12.4. The first-order valence-corrected chi connectivity index (χ1v) is 11.5. The number of hydrogen-bond donors (Lipinski definition) is 0. The van der Waals surface area contributed by atoms with Crippen LogP contribution in [0.2, 0.25) is 0 Å². The van der Waals surface area contributed by atoms with E-state index in [0.29, 0.717) is 18.4 Å². The van der Waals surface area contributed by atoms with Crippen molar-refractivity contribution >= 4 is 27.0 Å². The summed E-state index contributed by atoms with van der Waals surface area (Å²) in [6.45, 7) is 4.67. The Morgan fingerprint density at radius 1 is 1.21 bits per heavy atom. The van der Waals surface area contributed by atoms with Crippen molar-refractivity contribution < 1.29 is 13.2 Å². The average molecular weight is 407 g/mol. The van der Waals surface area contributed by atoms with Gasteiger partial charge in [0.15, 0.2) is 0 Å². The third-order valence-electron chi connectivity index (χ3n) is 5.33. The molecule has 1 aromatic carbocycles. The molecule has 1 amide bonds. The SMILES string of the molecule is CCCCn1c(CCC(=O)N2CCCC2)nc2cc(S(=O)(=O)N(C)C)ccc21. The van der Waals surface area contributed by atoms with Gasteiger partial charge < -0.3 is 9.47 Å². The lowest BCUT2D eigenvalue weighted by molar-refractivity contribution is -0.130. The van der Waals surface area contributed by atoms with Crippen molar-refractivity contribution in [1.82, 2.24) is 18.8 Å². The molecule has 3 rings (SSSR count). The largest absolute Gasteiger partial charge is 0.343 e. The number of nitrogens with zero attached hydrogens (tertiary/aromatic N) is 4. The Labute approximate surface area is 167 Å². The summed E-state index contributed by atoms with van der Waals surface area (Å²) < 4.78 is 28.2. The molecule has 7 nitrogen and oxygen atoms in total. The third-order valence-corrected chi connectivity index (χ3v) is 7.14. The molecule has 8 heteroatoms. The van der Waals surface area contributed by atoms with Crippen molar-refractivity contribution in [3.63, 3.8) is 0 Å². The van der Waals surface area contributed by atoms with Crippen LogP contribution in [0, 0.1) is 0 Å². The normalized spacial score (nSPS) is 15.1. The molecule has 1 aliphatic heterocycles. The number of unbranched alkanes of at least 4 members (excludes halogenated alkanes) is 1. The van der Waals surface area contributed by atoms with Crippen LogP contribution in [0.25, 0.3) is 11.0 Å². The molecule has 2 heterocycles. The fourth-order valence-electron chi connectivity index (χ4n) is 3.63. The predicted octanol–water partition coefficient (Wildman–Crippen LogP) is 2.64. The van der Waals surface area contributed by atoms with Crippen LogP contribution in [-0.2, 0) is 27.8 Å². The summed E-state index contributed by atoms with van der Waals surface area (Å²) >= 11 is 0. The first-order chi connectivity index (χ1) is 13.3. The summed E-state index contributed by atoms with van der Waals surface area (Å²) in [6.07, 6.45) is 5.25. The minimum absolute atomic E-state index is 0.183. The van der Waals surface area contributed by atoms with Crippen LogP contribution in [-0.4, -0.2) is 60.3 Å². The third kappa shape index (κ3) is 4.22. The zero-order chi connectivity index (χ0) is 20.3. The van der Waals surface area contributed by atoms with Gasteiger partial charge in [-0.25, -0.2) is 17.7 Å². The number of hydrogen-bond acceptors (Lipinski definition) is 4. The molecule has 0 spiro atoms. The second-order valence-corrected chi connectivity index (χ2v) is 9.71. The number of amides is 1. The van der Waals surface area contributed by atoms with E-state index in [1.165, 1.54) is 18.4 Å². The van der Waals surface area contributed by atoms with E-state index in [9.17, 15) is 13.2 Å². The van der Waals surface area contributed by atoms with Crippen LogP contribution >= 0.6 is 0 Å². The van der Waals surface area contributed by atoms with Gasteiger partial charge in [-0.05, 0) is 37.5 Å². The predicted molar refractivity (Wildman–Crippen MR) is 110 cm³/mol. The maximum atomic E-state index is 12.4. The van der Waals surface area contributed by atoms with E-state index in [2.05, 4.69) is 11.5 Å². The zero-order valence-corrected chi connectivity index (χ0v) is 17.8. The van der Waals surface area contributed by atoms with Crippen molar-refractivity contribution in [3.05, 3.63) is 24.0 Å². The number of fused-ring (bicyclic) bond motifs is 1. The molecule has 154 valence electrons. The van der Waals surface area contributed by atoms with Crippen molar-refractivity contribution in [1.29, 1.82) is 0 Å². The second kappa shape index (κ2) is 8.61. The highest BCUT2D eigenvalue weighted by Crippen LogP contribution is 2.23. The fourth-order valence-corrected chi connectivity index (χ4v) is 4.55. The van der Waals surface area contributed by atoms with Gasteiger partial charge in [0.2, 0.25) is 15.9 Å². The van der Waals surface area contributed by atoms with Crippen molar-refractivity contribution in [2.45, 2.75) is 56.9 Å². The van der Waals surface area contributed by atoms with Gasteiger partial charge >= 0.3 is 0 Å². The molecule has 0 N–H and O–H groups in total. The molecule has 0 unspecified atom stereocenters. The van der Waals surface area contributed by atoms with Crippen LogP contribution in [0.1, 0.15) is 44.9 Å². The second-order valence-electron chi connectivity index (χ2n) is 7.56. The quantitative estimate of drug-likeness (QED) is 0.675. The Hall–Kier alpha value is -1.93. The van der Waals surface area contributed by atoms with Gasteiger partial charge in [0.05, 0.1) is 15.9 Å². The number of likely N-dealkylation sites (tertiary alicyclic amines) is 1. The molecule has 28 heavy (non-hydrogen) atoms. The van der Waals surface area contributed by atoms with E-state index in [4.69, 9.17) is 4.98 Å². The topological polar surface area (TPSA) is 75.5 Å². The summed E-state index contributed by atoms with van der Waals surface area (Å²) in [6, 6.07) is 5.11. The highest BCUT2D eigenvalue weighted by atomic mass is 32.2. The highest BCUT2D eigenvalue weighted by molar-refractivity contribution is 7.89. The number of carbonyl (C=O) groups is 1. The van der Waals surface area contributed by atoms with E-state index in [0.717, 1.165) is 56.7 Å². The standard InChI is InChI=1S/C20H30N4O3S/c1-4-5-14-24-18-9-8-16(28(26,27)22(2)3)15-17(18)21-19(24)10-11-20(25)23-12-6-7-13-23/h8-9,15H,4-7,10-14H2,1-3H3. The number of aromatic nitrogens is 2. The van der Waals surface area contributed by atoms with Crippen LogP contribution < -0.4 is 0 Å². The van der Waals surface area contributed by atoms with Gasteiger partial charge in [-0.2, -0.15) is 0 Å². The molecule has 1 fully saturated rings. The van der Waals surface area contributed by atoms with Gasteiger partial charge in [0.25, 0.3) is 0 Å². The lowest BCUT2D eigenvalue weighted by Crippen LogP contribution is -2.28. The summed E-state index contributed by atoms with van der Waals surface area (Å²) in [5.41, 5.74) is 1.59. The lowest BCUT2D eigenvalue weighted by atomic mass is 10.2. The Bertz CT molecular complexity index is 944. The molecule has 0 aliphatic carbocycles. The van der Waals surface area contributed by atoms with Gasteiger partial charge in [-0.1, -0.05) is 13.3 Å². The summed E-state index contributed by atoms with van der Waals surface area (Å²) in [4.78, 5) is 19.3. The van der Waals surface area contributed by atoms with Crippen LogP contribution in [0.3, 0.4) is 0 Å². The van der Waals surface area contributed by atoms with E-state index in [1.807, 2.05) is 11.0 Å². The number of imidazole rings is 1. The number of carbonyl (C=O) groups excluding carboxylic acids is 1. The van der Waals surface area contributed by atoms with E-state index in [-0.39, 0.29) is 10.8 Å². The Morgan fingerprint density at radius 2 is 1.93 bits per heavy atom. The number of aryl methyl sites for hydroxylation is 2. The molecule has 1 aliphatic rings. The fraction of sp³-hybridized carbons (Fsp3) is 0.600. The number of benzene rings is 1. The molecule has 0 saturated carbocycles. The molecule has 0 atom stereocenters. The van der Waals surface area contributed by atoms with E-state index in [1.54, 1.807) is 12.1 Å². The van der Waals surface area contributed by atoms with Gasteiger partial charge in [0, 0.05) is 46.6 Å². The van der Waals surface area contributed by atoms with Crippen LogP contribution in [0.4, 0.5) is 0 Å². The molecule has 1 aromatic heterocycles. The number of rotatable bonds is 8. The molecule has 0 bridgehead atoms. The minimum atomic E-state index is -3.50. The van der Waals surface area contributed by atoms with Crippen molar-refractivity contribution in [3.8, 4) is 0 Å². The average Bonchev–Trinajstić information content (AvgIpc) is 3.31. The van der Waals surface area contributed by atoms with Crippen molar-refractivity contribution in [2.24, 2.45) is 0 Å². The first kappa shape index (κ1) is 20.8. The maximum Gasteiger partial charge on any atom is 0.242 e. The Morgan fingerprint density at radius 3 is 2.57 bits per heavy atom. The van der Waals surface area contributed by atoms with Crippen LogP contribution in [0.5, 0.6) is 0 Å². The van der Waals surface area contributed by atoms with Crippen LogP contribution in [0.15, 0.2) is 23.1 Å². The molecular formula is C20H30N4O3S. The van der Waals surface area contributed by atoms with E-state index < -0.39 is 10.0 Å².